The number of rotatable bonds is 4. The Balaban J connectivity index is 2.93. The molecule has 0 heterocycles. The maximum Gasteiger partial charge on any atom is 0.206 e. The molecule has 17 heavy (non-hydrogen) atoms. The summed E-state index contributed by atoms with van der Waals surface area (Å²) in [6, 6.07) is 5.80. The first-order valence-electron chi connectivity index (χ1n) is 5.28. The smallest absolute Gasteiger partial charge is 0.206 e. The van der Waals surface area contributed by atoms with Crippen LogP contribution in [-0.4, -0.2) is 16.7 Å². The first kappa shape index (κ1) is 13.1. The third kappa shape index (κ3) is 3.52. The van der Waals surface area contributed by atoms with Crippen LogP contribution < -0.4 is 0 Å². The zero-order chi connectivity index (χ0) is 12.8. The molecule has 0 saturated heterocycles. The number of halogens is 1. The standard InChI is InChI=1S/C13H14FNO2/c1-3-12(15-17)13(16)9(2)8-10-4-6-11(14)7-5-10/h4-8,17H,3H2,1-2H3. The molecule has 0 bridgehead atoms. The number of Topliss-reactive ketones (excluding diaryl/α,β-unsaturated/α-hetero) is 1. The molecule has 1 rings (SSSR count). The van der Waals surface area contributed by atoms with Crippen molar-refractivity contribution in [2.75, 3.05) is 0 Å². The average Bonchev–Trinajstić information content (AvgIpc) is 2.33. The van der Waals surface area contributed by atoms with Gasteiger partial charge in [-0.05, 0) is 42.7 Å². The zero-order valence-corrected chi connectivity index (χ0v) is 9.77. The maximum atomic E-state index is 12.7. The fourth-order valence-electron chi connectivity index (χ4n) is 1.38. The van der Waals surface area contributed by atoms with E-state index in [1.165, 1.54) is 12.1 Å². The number of ketones is 1. The quantitative estimate of drug-likeness (QED) is 0.377. The Hall–Kier alpha value is -1.97. The molecule has 0 radical (unpaired) electrons. The lowest BCUT2D eigenvalue weighted by Crippen LogP contribution is -2.13. The fraction of sp³-hybridized carbons (Fsp3) is 0.231. The molecule has 1 aromatic carbocycles. The number of hydrogen-bond donors (Lipinski definition) is 1. The lowest BCUT2D eigenvalue weighted by Gasteiger charge is -2.01. The molecule has 0 unspecified atom stereocenters. The van der Waals surface area contributed by atoms with Gasteiger partial charge in [-0.1, -0.05) is 24.2 Å². The molecule has 90 valence electrons. The monoisotopic (exact) mass is 235 g/mol. The van der Waals surface area contributed by atoms with E-state index in [4.69, 9.17) is 5.21 Å². The van der Waals surface area contributed by atoms with Gasteiger partial charge in [0.15, 0.2) is 0 Å². The van der Waals surface area contributed by atoms with Gasteiger partial charge in [-0.2, -0.15) is 0 Å². The lowest BCUT2D eigenvalue weighted by atomic mass is 10.0. The highest BCUT2D eigenvalue weighted by Gasteiger charge is 2.11. The van der Waals surface area contributed by atoms with Crippen molar-refractivity contribution in [1.29, 1.82) is 0 Å². The predicted octanol–water partition coefficient (Wildman–Crippen LogP) is 3.04. The van der Waals surface area contributed by atoms with E-state index >= 15 is 0 Å². The topological polar surface area (TPSA) is 49.7 Å². The van der Waals surface area contributed by atoms with Crippen molar-refractivity contribution in [3.63, 3.8) is 0 Å². The van der Waals surface area contributed by atoms with Gasteiger partial charge in [-0.15, -0.1) is 0 Å². The van der Waals surface area contributed by atoms with Gasteiger partial charge in [0.2, 0.25) is 5.78 Å². The van der Waals surface area contributed by atoms with Crippen LogP contribution in [0.4, 0.5) is 4.39 Å². The summed E-state index contributed by atoms with van der Waals surface area (Å²) in [5.74, 6) is -0.628. The van der Waals surface area contributed by atoms with Crippen LogP contribution in [0.25, 0.3) is 6.08 Å². The van der Waals surface area contributed by atoms with Crippen LogP contribution >= 0.6 is 0 Å². The maximum absolute atomic E-state index is 12.7. The van der Waals surface area contributed by atoms with Crippen LogP contribution in [0.3, 0.4) is 0 Å². The first-order chi connectivity index (χ1) is 8.08. The van der Waals surface area contributed by atoms with Crippen LogP contribution in [-0.2, 0) is 4.79 Å². The molecule has 0 amide bonds. The van der Waals surface area contributed by atoms with Crippen molar-refractivity contribution in [3.8, 4) is 0 Å². The second-order valence-electron chi connectivity index (χ2n) is 3.61. The highest BCUT2D eigenvalue weighted by molar-refractivity contribution is 6.46. The molecule has 0 aliphatic heterocycles. The minimum Gasteiger partial charge on any atom is -0.411 e. The second kappa shape index (κ2) is 5.94. The molecule has 1 N–H and O–H groups in total. The molecule has 3 nitrogen and oxygen atoms in total. The minimum absolute atomic E-state index is 0.112. The Kier molecular flexibility index (Phi) is 4.57. The number of oxime groups is 1. The van der Waals surface area contributed by atoms with Crippen LogP contribution in [0.1, 0.15) is 25.8 Å². The van der Waals surface area contributed by atoms with Gasteiger partial charge in [0.25, 0.3) is 0 Å². The highest BCUT2D eigenvalue weighted by Crippen LogP contribution is 2.10. The summed E-state index contributed by atoms with van der Waals surface area (Å²) in [5, 5.41) is 11.6. The summed E-state index contributed by atoms with van der Waals surface area (Å²) in [5.41, 5.74) is 1.29. The van der Waals surface area contributed by atoms with Crippen molar-refractivity contribution in [2.45, 2.75) is 20.3 Å². The SMILES string of the molecule is CCC(=NO)C(=O)C(C)=Cc1ccc(F)cc1. The molecule has 0 aliphatic rings. The van der Waals surface area contributed by atoms with Crippen molar-refractivity contribution in [3.05, 3.63) is 41.2 Å². The molecule has 0 aliphatic carbocycles. The van der Waals surface area contributed by atoms with Crippen LogP contribution in [0.15, 0.2) is 35.0 Å². The molecule has 1 aromatic rings. The van der Waals surface area contributed by atoms with E-state index in [0.717, 1.165) is 5.56 Å². The molecule has 0 atom stereocenters. The van der Waals surface area contributed by atoms with Crippen molar-refractivity contribution < 1.29 is 14.4 Å². The molecule has 0 aromatic heterocycles. The van der Waals surface area contributed by atoms with Gasteiger partial charge >= 0.3 is 0 Å². The Morgan fingerprint density at radius 3 is 2.47 bits per heavy atom. The third-order valence-electron chi connectivity index (χ3n) is 2.33. The summed E-state index contributed by atoms with van der Waals surface area (Å²) >= 11 is 0. The fourth-order valence-corrected chi connectivity index (χ4v) is 1.38. The number of nitrogens with zero attached hydrogens (tertiary/aromatic N) is 1. The summed E-state index contributed by atoms with van der Waals surface area (Å²) < 4.78 is 12.7. The number of benzene rings is 1. The Labute approximate surface area is 99.3 Å². The van der Waals surface area contributed by atoms with Crippen LogP contribution in [0.5, 0.6) is 0 Å². The van der Waals surface area contributed by atoms with Gasteiger partial charge in [-0.25, -0.2) is 4.39 Å². The summed E-state index contributed by atoms with van der Waals surface area (Å²) in [6.07, 6.45) is 1.99. The summed E-state index contributed by atoms with van der Waals surface area (Å²) in [6.45, 7) is 3.37. The van der Waals surface area contributed by atoms with E-state index in [1.807, 2.05) is 0 Å². The van der Waals surface area contributed by atoms with Crippen molar-refractivity contribution in [2.24, 2.45) is 5.16 Å². The van der Waals surface area contributed by atoms with Gasteiger partial charge < -0.3 is 5.21 Å². The van der Waals surface area contributed by atoms with Gasteiger partial charge in [0.05, 0.1) is 0 Å². The molecule has 4 heteroatoms. The zero-order valence-electron chi connectivity index (χ0n) is 9.77. The second-order valence-corrected chi connectivity index (χ2v) is 3.61. The van der Waals surface area contributed by atoms with E-state index in [9.17, 15) is 9.18 Å². The van der Waals surface area contributed by atoms with Crippen molar-refractivity contribution in [1.82, 2.24) is 0 Å². The minimum atomic E-state index is -0.322. The van der Waals surface area contributed by atoms with Gasteiger partial charge in [0.1, 0.15) is 11.5 Å². The summed E-state index contributed by atoms with van der Waals surface area (Å²) in [7, 11) is 0. The Morgan fingerprint density at radius 1 is 1.41 bits per heavy atom. The van der Waals surface area contributed by atoms with E-state index in [1.54, 1.807) is 32.1 Å². The van der Waals surface area contributed by atoms with E-state index in [-0.39, 0.29) is 17.3 Å². The van der Waals surface area contributed by atoms with Gasteiger partial charge in [0, 0.05) is 0 Å². The first-order valence-corrected chi connectivity index (χ1v) is 5.28. The van der Waals surface area contributed by atoms with Crippen LogP contribution in [0, 0.1) is 5.82 Å². The van der Waals surface area contributed by atoms with E-state index < -0.39 is 0 Å². The molecule has 0 spiro atoms. The summed E-state index contributed by atoms with van der Waals surface area (Å²) in [4.78, 5) is 11.7. The number of carbonyl (C=O) groups excluding carboxylic acids is 1. The third-order valence-corrected chi connectivity index (χ3v) is 2.33. The molecular weight excluding hydrogens is 221 g/mol. The Bertz CT molecular complexity index is 461. The molecule has 0 saturated carbocycles. The van der Waals surface area contributed by atoms with E-state index in [0.29, 0.717) is 12.0 Å². The number of allylic oxidation sites excluding steroid dienone is 1. The lowest BCUT2D eigenvalue weighted by molar-refractivity contribution is -0.109. The largest absolute Gasteiger partial charge is 0.411 e. The Morgan fingerprint density at radius 2 is 2.00 bits per heavy atom. The van der Waals surface area contributed by atoms with Crippen molar-refractivity contribution >= 4 is 17.6 Å². The highest BCUT2D eigenvalue weighted by atomic mass is 19.1. The predicted molar refractivity (Wildman–Crippen MR) is 64.6 cm³/mol. The molecule has 0 fully saturated rings. The normalized spacial score (nSPS) is 12.6. The van der Waals surface area contributed by atoms with E-state index in [2.05, 4.69) is 5.16 Å². The number of hydrogen-bond acceptors (Lipinski definition) is 3. The average molecular weight is 235 g/mol. The number of carbonyl (C=O) groups is 1. The van der Waals surface area contributed by atoms with Crippen LogP contribution in [0.2, 0.25) is 0 Å². The molecular formula is C13H14FNO2. The van der Waals surface area contributed by atoms with Gasteiger partial charge in [-0.3, -0.25) is 4.79 Å².